The van der Waals surface area contributed by atoms with E-state index in [4.69, 9.17) is 4.74 Å². The molecule has 2 aliphatic heterocycles. The topological polar surface area (TPSA) is 53.1 Å². The summed E-state index contributed by atoms with van der Waals surface area (Å²) in [6, 6.07) is 8.47. The van der Waals surface area contributed by atoms with Crippen molar-refractivity contribution < 1.29 is 14.3 Å². The van der Waals surface area contributed by atoms with Crippen LogP contribution in [0.5, 0.6) is 5.75 Å². The number of likely N-dealkylation sites (tertiary alicyclic amines) is 1. The molecule has 2 saturated heterocycles. The number of nitrogens with zero attached hydrogens (tertiary/aromatic N) is 3. The van der Waals surface area contributed by atoms with E-state index >= 15 is 0 Å². The van der Waals surface area contributed by atoms with Crippen LogP contribution in [0.25, 0.3) is 0 Å². The number of anilines is 1. The van der Waals surface area contributed by atoms with Gasteiger partial charge in [0.25, 0.3) is 0 Å². The average molecular weight is 371 g/mol. The second kappa shape index (κ2) is 6.73. The van der Waals surface area contributed by atoms with E-state index in [0.29, 0.717) is 32.1 Å². The molecule has 27 heavy (non-hydrogen) atoms. The van der Waals surface area contributed by atoms with E-state index in [0.717, 1.165) is 30.8 Å². The number of carbonyl (C=O) groups is 2. The van der Waals surface area contributed by atoms with Crippen molar-refractivity contribution in [2.45, 2.75) is 44.7 Å². The predicted molar refractivity (Wildman–Crippen MR) is 104 cm³/mol. The maximum Gasteiger partial charge on any atom is 0.228 e. The van der Waals surface area contributed by atoms with Crippen LogP contribution in [-0.2, 0) is 9.59 Å². The van der Waals surface area contributed by atoms with Gasteiger partial charge in [-0.2, -0.15) is 0 Å². The van der Waals surface area contributed by atoms with Crippen molar-refractivity contribution in [3.05, 3.63) is 24.3 Å². The van der Waals surface area contributed by atoms with E-state index in [2.05, 4.69) is 24.8 Å². The van der Waals surface area contributed by atoms with Crippen LogP contribution >= 0.6 is 0 Å². The van der Waals surface area contributed by atoms with Crippen molar-refractivity contribution in [3.63, 3.8) is 0 Å². The van der Waals surface area contributed by atoms with Crippen molar-refractivity contribution in [1.82, 2.24) is 9.80 Å². The molecule has 1 saturated carbocycles. The maximum atomic E-state index is 13.1. The zero-order chi connectivity index (χ0) is 19.2. The van der Waals surface area contributed by atoms with Gasteiger partial charge in [0.15, 0.2) is 0 Å². The van der Waals surface area contributed by atoms with Gasteiger partial charge in [-0.05, 0) is 38.8 Å². The van der Waals surface area contributed by atoms with E-state index in [1.165, 1.54) is 0 Å². The Morgan fingerprint density at radius 1 is 1.22 bits per heavy atom. The van der Waals surface area contributed by atoms with Gasteiger partial charge in [-0.25, -0.2) is 0 Å². The Morgan fingerprint density at radius 2 is 2.00 bits per heavy atom. The summed E-state index contributed by atoms with van der Waals surface area (Å²) in [4.78, 5) is 31.5. The van der Waals surface area contributed by atoms with E-state index in [1.54, 1.807) is 7.11 Å². The second-order valence-electron chi connectivity index (χ2n) is 8.60. The molecular formula is C21H29N3O3. The lowest BCUT2D eigenvalue weighted by atomic mass is 9.96. The Morgan fingerprint density at radius 3 is 2.67 bits per heavy atom. The monoisotopic (exact) mass is 371 g/mol. The molecule has 0 N–H and O–H groups in total. The molecule has 2 heterocycles. The van der Waals surface area contributed by atoms with Crippen LogP contribution in [0.4, 0.5) is 5.69 Å². The summed E-state index contributed by atoms with van der Waals surface area (Å²) < 4.78 is 5.36. The van der Waals surface area contributed by atoms with Gasteiger partial charge in [-0.15, -0.1) is 0 Å². The Balaban J connectivity index is 1.44. The SMILES string of the molecule is COc1cccc(N2CCN(C(=O)[C@@H]3CC(=O)N(C4CC4)C3)CC2(C)C)c1. The van der Waals surface area contributed by atoms with E-state index in [-0.39, 0.29) is 23.3 Å². The Hall–Kier alpha value is -2.24. The van der Waals surface area contributed by atoms with Gasteiger partial charge in [0, 0.05) is 50.4 Å². The molecule has 2 amide bonds. The van der Waals surface area contributed by atoms with Gasteiger partial charge in [0.05, 0.1) is 18.6 Å². The quantitative estimate of drug-likeness (QED) is 0.814. The van der Waals surface area contributed by atoms with Crippen molar-refractivity contribution in [2.24, 2.45) is 5.92 Å². The number of rotatable bonds is 4. The van der Waals surface area contributed by atoms with Crippen molar-refractivity contribution in [1.29, 1.82) is 0 Å². The first kappa shape index (κ1) is 18.1. The highest BCUT2D eigenvalue weighted by Gasteiger charge is 2.44. The molecule has 0 unspecified atom stereocenters. The first-order chi connectivity index (χ1) is 12.9. The fraction of sp³-hybridized carbons (Fsp3) is 0.619. The van der Waals surface area contributed by atoms with Crippen LogP contribution in [0.1, 0.15) is 33.1 Å². The molecule has 3 fully saturated rings. The lowest BCUT2D eigenvalue weighted by Gasteiger charge is -2.49. The first-order valence-electron chi connectivity index (χ1n) is 9.89. The van der Waals surface area contributed by atoms with Crippen molar-refractivity contribution >= 4 is 17.5 Å². The molecule has 6 heteroatoms. The third kappa shape index (κ3) is 3.49. The normalized spacial score (nSPS) is 25.1. The van der Waals surface area contributed by atoms with Crippen LogP contribution in [-0.4, -0.2) is 66.5 Å². The van der Waals surface area contributed by atoms with Gasteiger partial charge < -0.3 is 19.4 Å². The minimum Gasteiger partial charge on any atom is -0.497 e. The van der Waals surface area contributed by atoms with E-state index in [1.807, 2.05) is 28.0 Å². The van der Waals surface area contributed by atoms with Crippen LogP contribution in [0, 0.1) is 5.92 Å². The molecule has 6 nitrogen and oxygen atoms in total. The Bertz CT molecular complexity index is 744. The summed E-state index contributed by atoms with van der Waals surface area (Å²) >= 11 is 0. The standard InChI is InChI=1S/C21H29N3O3/c1-21(2)14-22(9-10-24(21)17-5-4-6-18(12-17)27-3)20(26)15-11-19(25)23(13-15)16-7-8-16/h4-6,12,15-16H,7-11,13-14H2,1-3H3/t15-/m1/s1. The number of benzene rings is 1. The molecule has 0 spiro atoms. The summed E-state index contributed by atoms with van der Waals surface area (Å²) in [6.45, 7) is 7.08. The summed E-state index contributed by atoms with van der Waals surface area (Å²) in [5.74, 6) is 0.971. The molecule has 4 rings (SSSR count). The highest BCUT2D eigenvalue weighted by atomic mass is 16.5. The molecule has 1 aromatic rings. The third-order valence-electron chi connectivity index (χ3n) is 6.07. The van der Waals surface area contributed by atoms with Gasteiger partial charge >= 0.3 is 0 Å². The van der Waals surface area contributed by atoms with Crippen LogP contribution in [0.3, 0.4) is 0 Å². The van der Waals surface area contributed by atoms with Crippen LogP contribution < -0.4 is 9.64 Å². The predicted octanol–water partition coefficient (Wildman–Crippen LogP) is 2.13. The molecule has 1 aromatic carbocycles. The van der Waals surface area contributed by atoms with E-state index < -0.39 is 0 Å². The van der Waals surface area contributed by atoms with Gasteiger partial charge in [-0.1, -0.05) is 6.07 Å². The number of ether oxygens (including phenoxy) is 1. The molecule has 0 bridgehead atoms. The lowest BCUT2D eigenvalue weighted by molar-refractivity contribution is -0.137. The van der Waals surface area contributed by atoms with Gasteiger partial charge in [-0.3, -0.25) is 9.59 Å². The second-order valence-corrected chi connectivity index (χ2v) is 8.60. The fourth-order valence-corrected chi connectivity index (χ4v) is 4.49. The number of hydrogen-bond acceptors (Lipinski definition) is 4. The molecule has 3 aliphatic rings. The zero-order valence-corrected chi connectivity index (χ0v) is 16.5. The minimum atomic E-state index is -0.181. The smallest absolute Gasteiger partial charge is 0.228 e. The van der Waals surface area contributed by atoms with Crippen LogP contribution in [0.15, 0.2) is 24.3 Å². The highest BCUT2D eigenvalue weighted by molar-refractivity contribution is 5.89. The Kier molecular flexibility index (Phi) is 4.52. The molecular weight excluding hydrogens is 342 g/mol. The number of hydrogen-bond donors (Lipinski definition) is 0. The fourth-order valence-electron chi connectivity index (χ4n) is 4.49. The summed E-state index contributed by atoms with van der Waals surface area (Å²) in [7, 11) is 1.68. The molecule has 1 atom stereocenters. The van der Waals surface area contributed by atoms with Crippen molar-refractivity contribution in [3.8, 4) is 5.75 Å². The summed E-state index contributed by atoms with van der Waals surface area (Å²) in [5.41, 5.74) is 0.932. The summed E-state index contributed by atoms with van der Waals surface area (Å²) in [5, 5.41) is 0. The maximum absolute atomic E-state index is 13.1. The van der Waals surface area contributed by atoms with Crippen LogP contribution in [0.2, 0.25) is 0 Å². The highest BCUT2D eigenvalue weighted by Crippen LogP contribution is 2.35. The number of piperazine rings is 1. The minimum absolute atomic E-state index is 0.143. The summed E-state index contributed by atoms with van der Waals surface area (Å²) in [6.07, 6.45) is 2.57. The third-order valence-corrected chi connectivity index (χ3v) is 6.07. The number of amides is 2. The van der Waals surface area contributed by atoms with Gasteiger partial charge in [0.1, 0.15) is 5.75 Å². The zero-order valence-electron chi connectivity index (χ0n) is 16.5. The molecule has 146 valence electrons. The first-order valence-corrected chi connectivity index (χ1v) is 9.89. The number of methoxy groups -OCH3 is 1. The van der Waals surface area contributed by atoms with E-state index in [9.17, 15) is 9.59 Å². The largest absolute Gasteiger partial charge is 0.497 e. The average Bonchev–Trinajstić information content (AvgIpc) is 3.42. The van der Waals surface area contributed by atoms with Crippen molar-refractivity contribution in [2.75, 3.05) is 38.2 Å². The van der Waals surface area contributed by atoms with Gasteiger partial charge in [0.2, 0.25) is 11.8 Å². The Labute approximate surface area is 161 Å². The lowest BCUT2D eigenvalue weighted by Crippen LogP contribution is -2.61. The number of carbonyl (C=O) groups excluding carboxylic acids is 2. The molecule has 0 aromatic heterocycles. The molecule has 0 radical (unpaired) electrons. The molecule has 1 aliphatic carbocycles.